The standard InChI is InChI=1S/C14H21FN2O3S/c1-14(2,11-6-5-7-12(15)8-11)10-16-13(18)9-17(3)21(4,19)20/h5-8H,9-10H2,1-4H3,(H,16,18). The minimum atomic E-state index is -3.39. The number of sulfonamides is 1. The van der Waals surface area contributed by atoms with Crippen molar-refractivity contribution >= 4 is 15.9 Å². The van der Waals surface area contributed by atoms with Crippen LogP contribution in [0.1, 0.15) is 19.4 Å². The summed E-state index contributed by atoms with van der Waals surface area (Å²) in [7, 11) is -2.05. The van der Waals surface area contributed by atoms with Gasteiger partial charge in [0, 0.05) is 19.0 Å². The molecule has 0 unspecified atom stereocenters. The number of halogens is 1. The lowest BCUT2D eigenvalue weighted by Gasteiger charge is -2.26. The van der Waals surface area contributed by atoms with E-state index in [2.05, 4.69) is 5.32 Å². The summed E-state index contributed by atoms with van der Waals surface area (Å²) < 4.78 is 36.7. The van der Waals surface area contributed by atoms with Crippen molar-refractivity contribution in [2.24, 2.45) is 0 Å². The second-order valence-electron chi connectivity index (χ2n) is 5.69. The highest BCUT2D eigenvalue weighted by Crippen LogP contribution is 2.22. The minimum Gasteiger partial charge on any atom is -0.354 e. The predicted octanol–water partition coefficient (Wildman–Crippen LogP) is 1.11. The maximum Gasteiger partial charge on any atom is 0.235 e. The van der Waals surface area contributed by atoms with Crippen molar-refractivity contribution in [3.8, 4) is 0 Å². The maximum atomic E-state index is 13.2. The summed E-state index contributed by atoms with van der Waals surface area (Å²) in [4.78, 5) is 11.8. The highest BCUT2D eigenvalue weighted by molar-refractivity contribution is 7.88. The number of carbonyl (C=O) groups excluding carboxylic acids is 1. The van der Waals surface area contributed by atoms with Gasteiger partial charge in [0.15, 0.2) is 0 Å². The molecular weight excluding hydrogens is 295 g/mol. The normalized spacial score (nSPS) is 12.5. The maximum absolute atomic E-state index is 13.2. The molecule has 1 rings (SSSR count). The lowest BCUT2D eigenvalue weighted by Crippen LogP contribution is -2.42. The van der Waals surface area contributed by atoms with Crippen LogP contribution in [0.4, 0.5) is 4.39 Å². The van der Waals surface area contributed by atoms with Crippen molar-refractivity contribution in [1.29, 1.82) is 0 Å². The zero-order valence-corrected chi connectivity index (χ0v) is 13.5. The molecule has 0 spiro atoms. The van der Waals surface area contributed by atoms with Crippen molar-refractivity contribution in [1.82, 2.24) is 9.62 Å². The van der Waals surface area contributed by atoms with Crippen molar-refractivity contribution in [3.63, 3.8) is 0 Å². The van der Waals surface area contributed by atoms with Crippen molar-refractivity contribution in [3.05, 3.63) is 35.6 Å². The first-order valence-corrected chi connectivity index (χ1v) is 8.31. The van der Waals surface area contributed by atoms with E-state index in [1.807, 2.05) is 13.8 Å². The summed E-state index contributed by atoms with van der Waals surface area (Å²) >= 11 is 0. The average molecular weight is 316 g/mol. The predicted molar refractivity (Wildman–Crippen MR) is 79.9 cm³/mol. The van der Waals surface area contributed by atoms with E-state index in [0.717, 1.165) is 16.1 Å². The Hall–Kier alpha value is -1.47. The summed E-state index contributed by atoms with van der Waals surface area (Å²) in [6.07, 6.45) is 1.04. The Morgan fingerprint density at radius 3 is 2.52 bits per heavy atom. The summed E-state index contributed by atoms with van der Waals surface area (Å²) in [6, 6.07) is 6.19. The summed E-state index contributed by atoms with van der Waals surface area (Å²) in [5.74, 6) is -0.726. The van der Waals surface area contributed by atoms with E-state index < -0.39 is 21.3 Å². The molecular formula is C14H21FN2O3S. The highest BCUT2D eigenvalue weighted by atomic mass is 32.2. The third-order valence-electron chi connectivity index (χ3n) is 3.27. The van der Waals surface area contributed by atoms with Crippen LogP contribution in [0.25, 0.3) is 0 Å². The van der Waals surface area contributed by atoms with Gasteiger partial charge in [0.2, 0.25) is 15.9 Å². The zero-order valence-electron chi connectivity index (χ0n) is 12.7. The highest BCUT2D eigenvalue weighted by Gasteiger charge is 2.23. The fourth-order valence-electron chi connectivity index (χ4n) is 1.71. The molecule has 0 radical (unpaired) electrons. The molecule has 0 atom stereocenters. The van der Waals surface area contributed by atoms with Crippen LogP contribution < -0.4 is 5.32 Å². The topological polar surface area (TPSA) is 66.5 Å². The van der Waals surface area contributed by atoms with Gasteiger partial charge in [-0.3, -0.25) is 4.79 Å². The van der Waals surface area contributed by atoms with E-state index in [0.29, 0.717) is 0 Å². The second-order valence-corrected chi connectivity index (χ2v) is 7.78. The number of rotatable bonds is 6. The van der Waals surface area contributed by atoms with E-state index in [9.17, 15) is 17.6 Å². The minimum absolute atomic E-state index is 0.238. The van der Waals surface area contributed by atoms with Crippen molar-refractivity contribution in [2.75, 3.05) is 26.4 Å². The van der Waals surface area contributed by atoms with Crippen LogP contribution in [0, 0.1) is 5.82 Å². The monoisotopic (exact) mass is 316 g/mol. The fourth-order valence-corrected chi connectivity index (χ4v) is 2.06. The van der Waals surface area contributed by atoms with Gasteiger partial charge >= 0.3 is 0 Å². The van der Waals surface area contributed by atoms with Gasteiger partial charge in [-0.25, -0.2) is 12.8 Å². The molecule has 0 saturated heterocycles. The Labute approximate surface area is 125 Å². The van der Waals surface area contributed by atoms with Gasteiger partial charge in [-0.05, 0) is 17.7 Å². The van der Waals surface area contributed by atoms with Gasteiger partial charge in [-0.1, -0.05) is 26.0 Å². The molecule has 0 fully saturated rings. The van der Waals surface area contributed by atoms with Crippen molar-refractivity contribution < 1.29 is 17.6 Å². The molecule has 118 valence electrons. The Balaban J connectivity index is 2.63. The van der Waals surface area contributed by atoms with Gasteiger partial charge in [-0.15, -0.1) is 0 Å². The molecule has 0 aromatic heterocycles. The Morgan fingerprint density at radius 2 is 2.00 bits per heavy atom. The smallest absolute Gasteiger partial charge is 0.235 e. The molecule has 1 aromatic rings. The largest absolute Gasteiger partial charge is 0.354 e. The lowest BCUT2D eigenvalue weighted by atomic mass is 9.84. The molecule has 1 amide bonds. The number of benzene rings is 1. The summed E-state index contributed by atoms with van der Waals surface area (Å²) in [6.45, 7) is 3.80. The first kappa shape index (κ1) is 17.6. The average Bonchev–Trinajstić information content (AvgIpc) is 2.35. The van der Waals surface area contributed by atoms with Crippen LogP contribution in [0.3, 0.4) is 0 Å². The van der Waals surface area contributed by atoms with Crippen LogP contribution in [0.15, 0.2) is 24.3 Å². The fraction of sp³-hybridized carbons (Fsp3) is 0.500. The molecule has 0 heterocycles. The number of likely N-dealkylation sites (N-methyl/N-ethyl adjacent to an activating group) is 1. The quantitative estimate of drug-likeness (QED) is 0.855. The van der Waals surface area contributed by atoms with Crippen LogP contribution in [-0.2, 0) is 20.2 Å². The van der Waals surface area contributed by atoms with Crippen LogP contribution in [0.2, 0.25) is 0 Å². The molecule has 5 nitrogen and oxygen atoms in total. The third kappa shape index (κ3) is 5.43. The molecule has 21 heavy (non-hydrogen) atoms. The second kappa shape index (κ2) is 6.53. The SMILES string of the molecule is CN(CC(=O)NCC(C)(C)c1cccc(F)c1)S(C)(=O)=O. The number of nitrogens with one attached hydrogen (secondary N) is 1. The summed E-state index contributed by atoms with van der Waals surface area (Å²) in [5.41, 5.74) is 0.306. The Morgan fingerprint density at radius 1 is 1.38 bits per heavy atom. The molecule has 1 aromatic carbocycles. The molecule has 7 heteroatoms. The molecule has 1 N–H and O–H groups in total. The number of hydrogen-bond acceptors (Lipinski definition) is 3. The van der Waals surface area contributed by atoms with Crippen LogP contribution in [-0.4, -0.2) is 45.0 Å². The van der Waals surface area contributed by atoms with Crippen molar-refractivity contribution in [2.45, 2.75) is 19.3 Å². The lowest BCUT2D eigenvalue weighted by molar-refractivity contribution is -0.121. The number of nitrogens with zero attached hydrogens (tertiary/aromatic N) is 1. The van der Waals surface area contributed by atoms with Crippen LogP contribution >= 0.6 is 0 Å². The number of amides is 1. The zero-order chi connectivity index (χ0) is 16.3. The Bertz CT molecular complexity index is 614. The Kier molecular flexibility index (Phi) is 5.47. The van der Waals surface area contributed by atoms with Gasteiger partial charge in [0.1, 0.15) is 5.82 Å². The molecule has 0 aliphatic heterocycles. The first-order valence-electron chi connectivity index (χ1n) is 6.46. The van der Waals surface area contributed by atoms with E-state index in [1.54, 1.807) is 12.1 Å². The third-order valence-corrected chi connectivity index (χ3v) is 4.53. The number of carbonyl (C=O) groups is 1. The van der Waals surface area contributed by atoms with E-state index in [4.69, 9.17) is 0 Å². The molecule has 0 saturated carbocycles. The van der Waals surface area contributed by atoms with E-state index in [-0.39, 0.29) is 18.9 Å². The first-order chi connectivity index (χ1) is 9.52. The molecule has 0 bridgehead atoms. The number of hydrogen-bond donors (Lipinski definition) is 1. The van der Waals surface area contributed by atoms with Gasteiger partial charge in [-0.2, -0.15) is 4.31 Å². The molecule has 0 aliphatic carbocycles. The van der Waals surface area contributed by atoms with Crippen LogP contribution in [0.5, 0.6) is 0 Å². The van der Waals surface area contributed by atoms with E-state index in [1.165, 1.54) is 19.2 Å². The molecule has 0 aliphatic rings. The van der Waals surface area contributed by atoms with E-state index >= 15 is 0 Å². The van der Waals surface area contributed by atoms with Gasteiger partial charge in [0.25, 0.3) is 0 Å². The van der Waals surface area contributed by atoms with Gasteiger partial charge < -0.3 is 5.32 Å². The summed E-state index contributed by atoms with van der Waals surface area (Å²) in [5, 5.41) is 2.68. The van der Waals surface area contributed by atoms with Gasteiger partial charge in [0.05, 0.1) is 12.8 Å².